The highest BCUT2D eigenvalue weighted by molar-refractivity contribution is 6.34. The SMILES string of the molecule is O=C(Nc1cccc(CNC2CCN(c3ncccn3)CC2)c1)c1ccccc1Cl. The fraction of sp³-hybridized carbons (Fsp3) is 0.261. The first kappa shape index (κ1) is 20.3. The van der Waals surface area contributed by atoms with Gasteiger partial charge >= 0.3 is 0 Å². The van der Waals surface area contributed by atoms with Crippen LogP contribution >= 0.6 is 11.6 Å². The van der Waals surface area contributed by atoms with Gasteiger partial charge in [0.2, 0.25) is 5.95 Å². The molecule has 1 amide bonds. The van der Waals surface area contributed by atoms with Crippen molar-refractivity contribution in [1.82, 2.24) is 15.3 Å². The van der Waals surface area contributed by atoms with Gasteiger partial charge in [-0.15, -0.1) is 0 Å². The summed E-state index contributed by atoms with van der Waals surface area (Å²) in [5, 5.41) is 7.00. The number of halogens is 1. The van der Waals surface area contributed by atoms with Gasteiger partial charge in [0.15, 0.2) is 0 Å². The smallest absolute Gasteiger partial charge is 0.257 e. The Labute approximate surface area is 181 Å². The fourth-order valence-corrected chi connectivity index (χ4v) is 3.82. The van der Waals surface area contributed by atoms with E-state index in [1.54, 1.807) is 30.6 Å². The Balaban J connectivity index is 1.29. The Hall–Kier alpha value is -2.96. The zero-order valence-corrected chi connectivity index (χ0v) is 17.3. The van der Waals surface area contributed by atoms with Crippen LogP contribution in [-0.4, -0.2) is 35.0 Å². The molecule has 1 aromatic heterocycles. The van der Waals surface area contributed by atoms with E-state index in [-0.39, 0.29) is 5.91 Å². The van der Waals surface area contributed by atoms with Gasteiger partial charge in [-0.2, -0.15) is 0 Å². The summed E-state index contributed by atoms with van der Waals surface area (Å²) in [6.07, 6.45) is 5.65. The standard InChI is InChI=1S/C23H24ClN5O/c24-21-8-2-1-7-20(21)22(30)28-19-6-3-5-17(15-19)16-27-18-9-13-29(14-10-18)23-25-11-4-12-26-23/h1-8,11-12,15,18,27H,9-10,13-14,16H2,(H,28,30). The van der Waals surface area contributed by atoms with E-state index in [0.29, 0.717) is 16.6 Å². The lowest BCUT2D eigenvalue weighted by molar-refractivity contribution is 0.102. The number of nitrogens with zero attached hydrogens (tertiary/aromatic N) is 3. The molecule has 0 spiro atoms. The zero-order chi connectivity index (χ0) is 20.8. The molecule has 1 saturated heterocycles. The van der Waals surface area contributed by atoms with Crippen molar-refractivity contribution < 1.29 is 4.79 Å². The molecule has 0 atom stereocenters. The summed E-state index contributed by atoms with van der Waals surface area (Å²) < 4.78 is 0. The van der Waals surface area contributed by atoms with E-state index < -0.39 is 0 Å². The lowest BCUT2D eigenvalue weighted by atomic mass is 10.0. The molecule has 0 bridgehead atoms. The molecule has 1 aliphatic rings. The number of hydrogen-bond donors (Lipinski definition) is 2. The first-order chi connectivity index (χ1) is 14.7. The third-order valence-corrected chi connectivity index (χ3v) is 5.56. The molecular weight excluding hydrogens is 398 g/mol. The van der Waals surface area contributed by atoms with Crippen molar-refractivity contribution >= 4 is 29.1 Å². The van der Waals surface area contributed by atoms with E-state index in [9.17, 15) is 4.79 Å². The third kappa shape index (κ3) is 5.14. The number of aromatic nitrogens is 2. The molecular formula is C23H24ClN5O. The summed E-state index contributed by atoms with van der Waals surface area (Å²) in [4.78, 5) is 23.4. The van der Waals surface area contributed by atoms with Gasteiger partial charge in [0.25, 0.3) is 5.91 Å². The number of anilines is 2. The number of hydrogen-bond acceptors (Lipinski definition) is 5. The quantitative estimate of drug-likeness (QED) is 0.626. The maximum absolute atomic E-state index is 12.5. The van der Waals surface area contributed by atoms with Crippen LogP contribution in [0.25, 0.3) is 0 Å². The van der Waals surface area contributed by atoms with Crippen LogP contribution in [0.1, 0.15) is 28.8 Å². The van der Waals surface area contributed by atoms with Crippen LogP contribution in [0, 0.1) is 0 Å². The Kier molecular flexibility index (Phi) is 6.57. The van der Waals surface area contributed by atoms with Gasteiger partial charge < -0.3 is 15.5 Å². The molecule has 2 N–H and O–H groups in total. The summed E-state index contributed by atoms with van der Waals surface area (Å²) in [6, 6.07) is 17.2. The van der Waals surface area contributed by atoms with Crippen LogP contribution < -0.4 is 15.5 Å². The number of carbonyl (C=O) groups excluding carboxylic acids is 1. The van der Waals surface area contributed by atoms with Gasteiger partial charge in [-0.1, -0.05) is 35.9 Å². The number of piperidine rings is 1. The number of rotatable bonds is 6. The van der Waals surface area contributed by atoms with Crippen molar-refractivity contribution in [1.29, 1.82) is 0 Å². The highest BCUT2D eigenvalue weighted by atomic mass is 35.5. The topological polar surface area (TPSA) is 70.2 Å². The predicted molar refractivity (Wildman–Crippen MR) is 120 cm³/mol. The molecule has 6 nitrogen and oxygen atoms in total. The molecule has 1 aliphatic heterocycles. The molecule has 4 rings (SSSR count). The predicted octanol–water partition coefficient (Wildman–Crippen LogP) is 4.14. The van der Waals surface area contributed by atoms with Crippen molar-refractivity contribution in [3.05, 3.63) is 83.1 Å². The minimum Gasteiger partial charge on any atom is -0.341 e. The largest absolute Gasteiger partial charge is 0.341 e. The normalized spacial score (nSPS) is 14.5. The second kappa shape index (κ2) is 9.69. The molecule has 154 valence electrons. The maximum atomic E-state index is 12.5. The summed E-state index contributed by atoms with van der Waals surface area (Å²) in [7, 11) is 0. The lowest BCUT2D eigenvalue weighted by Crippen LogP contribution is -2.42. The van der Waals surface area contributed by atoms with Crippen molar-refractivity contribution in [3.63, 3.8) is 0 Å². The van der Waals surface area contributed by atoms with Crippen molar-refractivity contribution in [2.24, 2.45) is 0 Å². The summed E-state index contributed by atoms with van der Waals surface area (Å²) >= 11 is 6.12. The third-order valence-electron chi connectivity index (χ3n) is 5.23. The summed E-state index contributed by atoms with van der Waals surface area (Å²) in [5.74, 6) is 0.596. The second-order valence-corrected chi connectivity index (χ2v) is 7.73. The molecule has 2 heterocycles. The molecule has 0 unspecified atom stereocenters. The average molecular weight is 422 g/mol. The minimum atomic E-state index is -0.207. The van der Waals surface area contributed by atoms with Gasteiger partial charge in [0, 0.05) is 43.8 Å². The molecule has 7 heteroatoms. The maximum Gasteiger partial charge on any atom is 0.257 e. The summed E-state index contributed by atoms with van der Waals surface area (Å²) in [5.41, 5.74) is 2.35. The molecule has 1 fully saturated rings. The van der Waals surface area contributed by atoms with E-state index >= 15 is 0 Å². The minimum absolute atomic E-state index is 0.207. The van der Waals surface area contributed by atoms with E-state index in [0.717, 1.165) is 49.7 Å². The van der Waals surface area contributed by atoms with E-state index in [1.165, 1.54) is 0 Å². The van der Waals surface area contributed by atoms with E-state index in [1.807, 2.05) is 30.3 Å². The monoisotopic (exact) mass is 421 g/mol. The van der Waals surface area contributed by atoms with E-state index in [4.69, 9.17) is 11.6 Å². The van der Waals surface area contributed by atoms with Crippen molar-refractivity contribution in [2.75, 3.05) is 23.3 Å². The number of amides is 1. The van der Waals surface area contributed by atoms with Gasteiger partial charge in [-0.3, -0.25) is 4.79 Å². The van der Waals surface area contributed by atoms with Crippen LogP contribution in [0.5, 0.6) is 0 Å². The van der Waals surface area contributed by atoms with E-state index in [2.05, 4.69) is 31.6 Å². The fourth-order valence-electron chi connectivity index (χ4n) is 3.60. The van der Waals surface area contributed by atoms with Crippen LogP contribution in [0.4, 0.5) is 11.6 Å². The van der Waals surface area contributed by atoms with Gasteiger partial charge in [-0.05, 0) is 48.7 Å². The Bertz CT molecular complexity index is 990. The zero-order valence-electron chi connectivity index (χ0n) is 16.6. The molecule has 3 aromatic rings. The Morgan fingerprint density at radius 3 is 2.57 bits per heavy atom. The Morgan fingerprint density at radius 1 is 1.03 bits per heavy atom. The summed E-state index contributed by atoms with van der Waals surface area (Å²) in [6.45, 7) is 2.63. The second-order valence-electron chi connectivity index (χ2n) is 7.33. The van der Waals surface area contributed by atoms with Crippen LogP contribution in [0.3, 0.4) is 0 Å². The van der Waals surface area contributed by atoms with Crippen LogP contribution in [-0.2, 0) is 6.54 Å². The first-order valence-electron chi connectivity index (χ1n) is 10.1. The number of nitrogens with one attached hydrogen (secondary N) is 2. The Morgan fingerprint density at radius 2 is 1.80 bits per heavy atom. The number of benzene rings is 2. The molecule has 0 radical (unpaired) electrons. The number of carbonyl (C=O) groups is 1. The van der Waals surface area contributed by atoms with Gasteiger partial charge in [-0.25, -0.2) is 9.97 Å². The first-order valence-corrected chi connectivity index (χ1v) is 10.5. The van der Waals surface area contributed by atoms with Crippen molar-refractivity contribution in [2.45, 2.75) is 25.4 Å². The molecule has 2 aromatic carbocycles. The lowest BCUT2D eigenvalue weighted by Gasteiger charge is -2.32. The van der Waals surface area contributed by atoms with Gasteiger partial charge in [0.1, 0.15) is 0 Å². The van der Waals surface area contributed by atoms with Crippen LogP contribution in [0.15, 0.2) is 67.0 Å². The van der Waals surface area contributed by atoms with Crippen LogP contribution in [0.2, 0.25) is 5.02 Å². The highest BCUT2D eigenvalue weighted by Gasteiger charge is 2.20. The molecule has 0 saturated carbocycles. The highest BCUT2D eigenvalue weighted by Crippen LogP contribution is 2.19. The molecule has 30 heavy (non-hydrogen) atoms. The average Bonchev–Trinajstić information content (AvgIpc) is 2.79. The van der Waals surface area contributed by atoms with Gasteiger partial charge in [0.05, 0.1) is 10.6 Å². The van der Waals surface area contributed by atoms with Crippen molar-refractivity contribution in [3.8, 4) is 0 Å². The molecule has 0 aliphatic carbocycles.